The van der Waals surface area contributed by atoms with E-state index >= 15 is 0 Å². The van der Waals surface area contributed by atoms with Crippen molar-refractivity contribution in [1.82, 2.24) is 0 Å². The lowest BCUT2D eigenvalue weighted by molar-refractivity contribution is 0.175. The minimum absolute atomic E-state index is 0.493. The van der Waals surface area contributed by atoms with Gasteiger partial charge in [-0.25, -0.2) is 0 Å². The Morgan fingerprint density at radius 3 is 1.28 bits per heavy atom. The van der Waals surface area contributed by atoms with E-state index in [0.29, 0.717) is 10.8 Å². The van der Waals surface area contributed by atoms with Gasteiger partial charge in [-0.2, -0.15) is 0 Å². The fraction of sp³-hybridized carbons (Fsp3) is 1.00. The fourth-order valence-electron chi connectivity index (χ4n) is 5.29. The molecule has 0 aliphatic rings. The third-order valence-corrected chi connectivity index (χ3v) is 7.57. The zero-order valence-corrected chi connectivity index (χ0v) is 22.0. The second-order valence-electron chi connectivity index (χ2n) is 11.3. The standard InChI is InChI=1S/C29H60/c1-8-12-21-27(28(5,6)7)22-19-17-16-18-20-26-29(23-13-9-2,24-14-10-3)25-15-11-4/h27H,8-26H2,1-7H3. The molecular weight excluding hydrogens is 348 g/mol. The Balaban J connectivity index is 4.31. The smallest absolute Gasteiger partial charge is 0.0297 e. The van der Waals surface area contributed by atoms with Crippen LogP contribution in [-0.4, -0.2) is 0 Å². The maximum atomic E-state index is 2.45. The second-order valence-corrected chi connectivity index (χ2v) is 11.3. The Hall–Kier alpha value is 0. The van der Waals surface area contributed by atoms with Crippen LogP contribution in [0.25, 0.3) is 0 Å². The first-order chi connectivity index (χ1) is 13.8. The van der Waals surface area contributed by atoms with Crippen molar-refractivity contribution in [2.24, 2.45) is 16.7 Å². The largest absolute Gasteiger partial charge is 0.0654 e. The number of unbranched alkanes of at least 4 members (excludes halogenated alkanes) is 8. The Bertz CT molecular complexity index is 313. The SMILES string of the molecule is CCCCC(CCCCCCCC(CCCC)(CCCC)CCCC)C(C)(C)C. The molecule has 0 bridgehead atoms. The van der Waals surface area contributed by atoms with E-state index in [4.69, 9.17) is 0 Å². The van der Waals surface area contributed by atoms with Crippen LogP contribution >= 0.6 is 0 Å². The van der Waals surface area contributed by atoms with E-state index in [-0.39, 0.29) is 0 Å². The van der Waals surface area contributed by atoms with Crippen molar-refractivity contribution in [1.29, 1.82) is 0 Å². The van der Waals surface area contributed by atoms with Crippen molar-refractivity contribution in [2.75, 3.05) is 0 Å². The molecule has 29 heavy (non-hydrogen) atoms. The highest BCUT2D eigenvalue weighted by atomic mass is 14.3. The fourth-order valence-corrected chi connectivity index (χ4v) is 5.29. The van der Waals surface area contributed by atoms with Gasteiger partial charge in [0.15, 0.2) is 0 Å². The zero-order chi connectivity index (χ0) is 22.0. The van der Waals surface area contributed by atoms with Crippen molar-refractivity contribution >= 4 is 0 Å². The molecule has 176 valence electrons. The summed E-state index contributed by atoms with van der Waals surface area (Å²) < 4.78 is 0. The summed E-state index contributed by atoms with van der Waals surface area (Å²) in [6, 6.07) is 0. The molecule has 0 saturated heterocycles. The van der Waals surface area contributed by atoms with Gasteiger partial charge in [-0.05, 0) is 55.3 Å². The molecule has 0 radical (unpaired) electrons. The van der Waals surface area contributed by atoms with E-state index < -0.39 is 0 Å². The van der Waals surface area contributed by atoms with Crippen LogP contribution < -0.4 is 0 Å². The Kier molecular flexibility index (Phi) is 17.7. The minimum atomic E-state index is 0.493. The van der Waals surface area contributed by atoms with Gasteiger partial charge in [0, 0.05) is 0 Å². The summed E-state index contributed by atoms with van der Waals surface area (Å²) in [5.74, 6) is 0.923. The van der Waals surface area contributed by atoms with Gasteiger partial charge in [0.1, 0.15) is 0 Å². The van der Waals surface area contributed by atoms with Crippen LogP contribution in [0.3, 0.4) is 0 Å². The average Bonchev–Trinajstić information content (AvgIpc) is 2.69. The van der Waals surface area contributed by atoms with Gasteiger partial charge in [-0.15, -0.1) is 0 Å². The van der Waals surface area contributed by atoms with Crippen molar-refractivity contribution in [3.63, 3.8) is 0 Å². The van der Waals surface area contributed by atoms with Crippen LogP contribution in [0.15, 0.2) is 0 Å². The Morgan fingerprint density at radius 1 is 0.448 bits per heavy atom. The van der Waals surface area contributed by atoms with Gasteiger partial charge in [0.25, 0.3) is 0 Å². The van der Waals surface area contributed by atoms with Crippen molar-refractivity contribution in [3.05, 3.63) is 0 Å². The van der Waals surface area contributed by atoms with Crippen LogP contribution in [-0.2, 0) is 0 Å². The highest BCUT2D eigenvalue weighted by Crippen LogP contribution is 2.41. The van der Waals surface area contributed by atoms with Crippen molar-refractivity contribution < 1.29 is 0 Å². The molecular formula is C29H60. The topological polar surface area (TPSA) is 0 Å². The van der Waals surface area contributed by atoms with Crippen LogP contribution in [0, 0.1) is 16.7 Å². The van der Waals surface area contributed by atoms with Gasteiger partial charge in [0.05, 0.1) is 0 Å². The molecule has 0 fully saturated rings. The lowest BCUT2D eigenvalue weighted by Crippen LogP contribution is -2.21. The lowest BCUT2D eigenvalue weighted by Gasteiger charge is -2.35. The molecule has 0 heterocycles. The predicted molar refractivity (Wildman–Crippen MR) is 136 cm³/mol. The maximum absolute atomic E-state index is 2.45. The first-order valence-corrected chi connectivity index (χ1v) is 13.8. The molecule has 0 saturated carbocycles. The van der Waals surface area contributed by atoms with Crippen molar-refractivity contribution in [3.8, 4) is 0 Å². The van der Waals surface area contributed by atoms with E-state index in [1.165, 1.54) is 122 Å². The van der Waals surface area contributed by atoms with E-state index in [1.54, 1.807) is 0 Å². The average molecular weight is 409 g/mol. The van der Waals surface area contributed by atoms with E-state index in [2.05, 4.69) is 48.5 Å². The molecule has 0 heteroatoms. The molecule has 0 N–H and O–H groups in total. The molecule has 0 rings (SSSR count). The quantitative estimate of drug-likeness (QED) is 0.176. The van der Waals surface area contributed by atoms with E-state index in [1.807, 2.05) is 0 Å². The summed E-state index contributed by atoms with van der Waals surface area (Å²) in [5, 5.41) is 0. The zero-order valence-electron chi connectivity index (χ0n) is 22.0. The van der Waals surface area contributed by atoms with Crippen LogP contribution in [0.5, 0.6) is 0 Å². The molecule has 0 aromatic heterocycles. The van der Waals surface area contributed by atoms with Crippen molar-refractivity contribution in [2.45, 2.75) is 170 Å². The monoisotopic (exact) mass is 408 g/mol. The minimum Gasteiger partial charge on any atom is -0.0654 e. The number of hydrogen-bond donors (Lipinski definition) is 0. The third-order valence-electron chi connectivity index (χ3n) is 7.57. The van der Waals surface area contributed by atoms with Gasteiger partial charge in [-0.1, -0.05) is 132 Å². The third kappa shape index (κ3) is 14.6. The van der Waals surface area contributed by atoms with Gasteiger partial charge >= 0.3 is 0 Å². The highest BCUT2D eigenvalue weighted by molar-refractivity contribution is 4.80. The van der Waals surface area contributed by atoms with Crippen LogP contribution in [0.1, 0.15) is 170 Å². The molecule has 0 aromatic rings. The number of hydrogen-bond acceptors (Lipinski definition) is 0. The molecule has 0 aromatic carbocycles. The van der Waals surface area contributed by atoms with Gasteiger partial charge in [-0.3, -0.25) is 0 Å². The second kappa shape index (κ2) is 17.7. The number of rotatable bonds is 20. The Morgan fingerprint density at radius 2 is 0.828 bits per heavy atom. The molecule has 0 spiro atoms. The lowest BCUT2D eigenvalue weighted by atomic mass is 9.71. The Labute approximate surface area is 187 Å². The van der Waals surface area contributed by atoms with Crippen LogP contribution in [0.4, 0.5) is 0 Å². The summed E-state index contributed by atoms with van der Waals surface area (Å²) in [6.45, 7) is 16.8. The normalized spacial score (nSPS) is 13.8. The van der Waals surface area contributed by atoms with E-state index in [0.717, 1.165) is 5.92 Å². The summed E-state index contributed by atoms with van der Waals surface area (Å²) in [4.78, 5) is 0. The first kappa shape index (κ1) is 29.0. The maximum Gasteiger partial charge on any atom is -0.0297 e. The molecule has 1 unspecified atom stereocenters. The molecule has 0 nitrogen and oxygen atoms in total. The summed E-state index contributed by atoms with van der Waals surface area (Å²) in [7, 11) is 0. The molecule has 0 aliphatic carbocycles. The highest BCUT2D eigenvalue weighted by Gasteiger charge is 2.27. The summed E-state index contributed by atoms with van der Waals surface area (Å²) in [6.07, 6.45) is 27.4. The first-order valence-electron chi connectivity index (χ1n) is 13.8. The predicted octanol–water partition coefficient (Wildman–Crippen LogP) is 11.1. The molecule has 0 amide bonds. The summed E-state index contributed by atoms with van der Waals surface area (Å²) >= 11 is 0. The molecule has 1 atom stereocenters. The van der Waals surface area contributed by atoms with Gasteiger partial charge < -0.3 is 0 Å². The van der Waals surface area contributed by atoms with E-state index in [9.17, 15) is 0 Å². The van der Waals surface area contributed by atoms with Gasteiger partial charge in [0.2, 0.25) is 0 Å². The summed E-state index contributed by atoms with van der Waals surface area (Å²) in [5.41, 5.74) is 1.17. The molecule has 0 aliphatic heterocycles. The van der Waals surface area contributed by atoms with Crippen LogP contribution in [0.2, 0.25) is 0 Å².